The maximum Gasteiger partial charge on any atom is 0.307 e. The molecular weight excluding hydrogens is 459 g/mol. The summed E-state index contributed by atoms with van der Waals surface area (Å²) in [4.78, 5) is 30.1. The smallest absolute Gasteiger partial charge is 0.307 e. The molecule has 0 saturated heterocycles. The van der Waals surface area contributed by atoms with Gasteiger partial charge in [-0.3, -0.25) is 14.5 Å². The summed E-state index contributed by atoms with van der Waals surface area (Å²) in [7, 11) is 0. The van der Waals surface area contributed by atoms with Crippen molar-refractivity contribution in [1.82, 2.24) is 4.98 Å². The number of carboxylic acids is 1. The highest BCUT2D eigenvalue weighted by Gasteiger charge is 2.36. The van der Waals surface area contributed by atoms with Gasteiger partial charge < -0.3 is 9.84 Å². The molecule has 0 fully saturated rings. The van der Waals surface area contributed by atoms with Crippen molar-refractivity contribution in [3.63, 3.8) is 0 Å². The number of halogens is 3. The number of hydrogen-bond acceptors (Lipinski definition) is 5. The van der Waals surface area contributed by atoms with Gasteiger partial charge in [0.2, 0.25) is 0 Å². The highest BCUT2D eigenvalue weighted by molar-refractivity contribution is 7.19. The van der Waals surface area contributed by atoms with E-state index < -0.39 is 24.4 Å². The summed E-state index contributed by atoms with van der Waals surface area (Å²) in [5.74, 6) is -1.12. The van der Waals surface area contributed by atoms with Gasteiger partial charge in [-0.05, 0) is 30.7 Å². The van der Waals surface area contributed by atoms with E-state index in [4.69, 9.17) is 44.6 Å². The van der Waals surface area contributed by atoms with E-state index in [0.29, 0.717) is 41.7 Å². The summed E-state index contributed by atoms with van der Waals surface area (Å²) in [5.41, 5.74) is 1.96. The van der Waals surface area contributed by atoms with E-state index >= 15 is 0 Å². The normalized spacial score (nSPS) is 16.1. The van der Waals surface area contributed by atoms with Crippen LogP contribution in [0.3, 0.4) is 0 Å². The van der Waals surface area contributed by atoms with Gasteiger partial charge in [-0.15, -0.1) is 11.3 Å². The van der Waals surface area contributed by atoms with Gasteiger partial charge in [0.25, 0.3) is 5.91 Å². The molecule has 150 valence electrons. The van der Waals surface area contributed by atoms with Crippen molar-refractivity contribution in [3.8, 4) is 5.75 Å². The lowest BCUT2D eigenvalue weighted by molar-refractivity contribution is -0.142. The molecule has 1 amide bonds. The Hall–Kier alpha value is -2.06. The Bertz CT molecular complexity index is 1160. The zero-order valence-electron chi connectivity index (χ0n) is 14.9. The number of aromatic nitrogens is 1. The number of aliphatic carboxylic acids is 1. The molecular formula is C19H13Cl3N2O4S. The number of amides is 1. The molecule has 29 heavy (non-hydrogen) atoms. The number of ether oxygens (including phenoxy) is 1. The lowest BCUT2D eigenvalue weighted by Gasteiger charge is -2.33. The van der Waals surface area contributed by atoms with Crippen molar-refractivity contribution in [2.24, 2.45) is 0 Å². The van der Waals surface area contributed by atoms with Crippen LogP contribution >= 0.6 is 46.1 Å². The fourth-order valence-corrected chi connectivity index (χ4v) is 4.90. The van der Waals surface area contributed by atoms with Crippen molar-refractivity contribution < 1.29 is 19.4 Å². The molecule has 1 unspecified atom stereocenters. The third-order valence-corrected chi connectivity index (χ3v) is 6.69. The van der Waals surface area contributed by atoms with Crippen LogP contribution in [-0.2, 0) is 16.1 Å². The Morgan fingerprint density at radius 2 is 2.03 bits per heavy atom. The van der Waals surface area contributed by atoms with Crippen LogP contribution in [0.1, 0.15) is 17.0 Å². The number of carboxylic acid groups (broad SMARTS) is 1. The van der Waals surface area contributed by atoms with Gasteiger partial charge in [-0.1, -0.05) is 40.9 Å². The van der Waals surface area contributed by atoms with E-state index in [9.17, 15) is 9.59 Å². The van der Waals surface area contributed by atoms with Gasteiger partial charge in [0.15, 0.2) is 6.10 Å². The standard InChI is InChI=1S/C19H13Cl3N2O4S/c1-8-2-3-12-11(4-8)24(19(27)13(28-12)6-15(25)26)7-14-23-17-16(22)9(20)5-10(21)18(17)29-14/h2-5,13H,6-7H2,1H3,(H,25,26). The molecule has 1 N–H and O–H groups in total. The fourth-order valence-electron chi connectivity index (χ4n) is 3.12. The van der Waals surface area contributed by atoms with Crippen LogP contribution in [-0.4, -0.2) is 28.1 Å². The minimum Gasteiger partial charge on any atom is -0.481 e. The first kappa shape index (κ1) is 20.2. The van der Waals surface area contributed by atoms with E-state index in [1.54, 1.807) is 12.1 Å². The Morgan fingerprint density at radius 3 is 2.76 bits per heavy atom. The molecule has 3 aromatic rings. The van der Waals surface area contributed by atoms with Crippen molar-refractivity contribution >= 4 is 73.9 Å². The number of nitrogens with zero attached hydrogens (tertiary/aromatic N) is 2. The van der Waals surface area contributed by atoms with Crippen LogP contribution in [0.5, 0.6) is 5.75 Å². The molecule has 2 heterocycles. The first-order valence-electron chi connectivity index (χ1n) is 8.48. The second-order valence-corrected chi connectivity index (χ2v) is 8.82. The number of carbonyl (C=O) groups is 2. The zero-order chi connectivity index (χ0) is 20.9. The maximum atomic E-state index is 13.0. The van der Waals surface area contributed by atoms with E-state index in [-0.39, 0.29) is 6.54 Å². The molecule has 2 aromatic carbocycles. The van der Waals surface area contributed by atoms with Crippen LogP contribution in [0.15, 0.2) is 24.3 Å². The van der Waals surface area contributed by atoms with Crippen molar-refractivity contribution in [1.29, 1.82) is 0 Å². The lowest BCUT2D eigenvalue weighted by Crippen LogP contribution is -2.46. The van der Waals surface area contributed by atoms with Gasteiger partial charge in [0.05, 0.1) is 38.4 Å². The van der Waals surface area contributed by atoms with Gasteiger partial charge in [-0.25, -0.2) is 4.98 Å². The van der Waals surface area contributed by atoms with Crippen molar-refractivity contribution in [2.75, 3.05) is 4.90 Å². The molecule has 1 aliphatic rings. The molecule has 0 saturated carbocycles. The van der Waals surface area contributed by atoms with Gasteiger partial charge in [0, 0.05) is 0 Å². The minimum atomic E-state index is -1.12. The van der Waals surface area contributed by atoms with Gasteiger partial charge in [0.1, 0.15) is 16.3 Å². The lowest BCUT2D eigenvalue weighted by atomic mass is 10.1. The number of aryl methyl sites for hydroxylation is 1. The predicted octanol–water partition coefficient (Wildman–Crippen LogP) is 5.33. The van der Waals surface area contributed by atoms with Crippen LogP contribution < -0.4 is 9.64 Å². The second kappa shape index (κ2) is 7.65. The van der Waals surface area contributed by atoms with E-state index in [2.05, 4.69) is 4.98 Å². The molecule has 1 aromatic heterocycles. The molecule has 10 heteroatoms. The van der Waals surface area contributed by atoms with Crippen LogP contribution in [0.25, 0.3) is 10.2 Å². The predicted molar refractivity (Wildman–Crippen MR) is 114 cm³/mol. The molecule has 1 atom stereocenters. The number of benzene rings is 2. The Labute approximate surface area is 184 Å². The van der Waals surface area contributed by atoms with E-state index in [0.717, 1.165) is 5.56 Å². The summed E-state index contributed by atoms with van der Waals surface area (Å²) in [5, 5.41) is 10.7. The Balaban J connectivity index is 1.77. The molecule has 0 aliphatic carbocycles. The quantitative estimate of drug-likeness (QED) is 0.520. The molecule has 0 radical (unpaired) electrons. The number of hydrogen-bond donors (Lipinski definition) is 1. The summed E-state index contributed by atoms with van der Waals surface area (Å²) < 4.78 is 6.31. The summed E-state index contributed by atoms with van der Waals surface area (Å²) >= 11 is 19.9. The van der Waals surface area contributed by atoms with Gasteiger partial charge >= 0.3 is 5.97 Å². The van der Waals surface area contributed by atoms with E-state index in [1.807, 2.05) is 19.1 Å². The Kier molecular flexibility index (Phi) is 5.33. The SMILES string of the molecule is Cc1ccc2c(c1)N(Cc1nc3c(Cl)c(Cl)cc(Cl)c3s1)C(=O)C(CC(=O)O)O2. The first-order valence-corrected chi connectivity index (χ1v) is 10.4. The monoisotopic (exact) mass is 470 g/mol. The largest absolute Gasteiger partial charge is 0.481 e. The zero-order valence-corrected chi connectivity index (χ0v) is 18.0. The van der Waals surface area contributed by atoms with Crippen molar-refractivity contribution in [2.45, 2.75) is 26.0 Å². The van der Waals surface area contributed by atoms with E-state index in [1.165, 1.54) is 16.2 Å². The molecule has 0 bridgehead atoms. The van der Waals surface area contributed by atoms with Crippen molar-refractivity contribution in [3.05, 3.63) is 49.9 Å². The minimum absolute atomic E-state index is 0.123. The number of rotatable bonds is 4. The molecule has 0 spiro atoms. The Morgan fingerprint density at radius 1 is 1.28 bits per heavy atom. The highest BCUT2D eigenvalue weighted by atomic mass is 35.5. The average molecular weight is 472 g/mol. The number of thiazole rings is 1. The topological polar surface area (TPSA) is 79.7 Å². The fraction of sp³-hybridized carbons (Fsp3) is 0.211. The third kappa shape index (κ3) is 3.75. The maximum absolute atomic E-state index is 13.0. The molecule has 4 rings (SSSR count). The van der Waals surface area contributed by atoms with Crippen LogP contribution in [0.4, 0.5) is 5.69 Å². The summed E-state index contributed by atoms with van der Waals surface area (Å²) in [6, 6.07) is 6.93. The number of carbonyl (C=O) groups excluding carboxylic acids is 1. The second-order valence-electron chi connectivity index (χ2n) is 6.54. The van der Waals surface area contributed by atoms with Crippen LogP contribution in [0.2, 0.25) is 15.1 Å². The van der Waals surface area contributed by atoms with Gasteiger partial charge in [-0.2, -0.15) is 0 Å². The highest BCUT2D eigenvalue weighted by Crippen LogP contribution is 2.41. The van der Waals surface area contributed by atoms with Crippen LogP contribution in [0, 0.1) is 6.92 Å². The first-order chi connectivity index (χ1) is 13.7. The average Bonchev–Trinajstić information content (AvgIpc) is 3.08. The number of fused-ring (bicyclic) bond motifs is 2. The molecule has 1 aliphatic heterocycles. The summed E-state index contributed by atoms with van der Waals surface area (Å²) in [6.07, 6.45) is -1.55. The summed E-state index contributed by atoms with van der Waals surface area (Å²) in [6.45, 7) is 2.02. The number of anilines is 1. The third-order valence-electron chi connectivity index (χ3n) is 4.43. The molecule has 6 nitrogen and oxygen atoms in total.